The van der Waals surface area contributed by atoms with Crippen LogP contribution in [0.3, 0.4) is 0 Å². The first-order valence-electron chi connectivity index (χ1n) is 41.2. The third-order valence-electron chi connectivity index (χ3n) is 18.9. The van der Waals surface area contributed by atoms with E-state index in [1.165, 1.54) is 244 Å². The molecule has 3 unspecified atom stereocenters. The normalized spacial score (nSPS) is 14.2. The van der Waals surface area contributed by atoms with Crippen molar-refractivity contribution >= 4 is 39.5 Å². The van der Waals surface area contributed by atoms with E-state index in [1.807, 2.05) is 0 Å². The Labute approximate surface area is 600 Å². The number of unbranched alkanes of at least 4 members (excludes halogenated alkanes) is 50. The molecule has 0 fully saturated rings. The Balaban J connectivity index is 5.19. The van der Waals surface area contributed by atoms with Crippen molar-refractivity contribution in [1.29, 1.82) is 0 Å². The van der Waals surface area contributed by atoms with E-state index in [0.717, 1.165) is 95.8 Å². The third kappa shape index (κ3) is 71.1. The zero-order valence-corrected chi connectivity index (χ0v) is 65.7. The molecular weight excluding hydrogens is 1280 g/mol. The van der Waals surface area contributed by atoms with E-state index in [1.54, 1.807) is 0 Å². The second kappa shape index (κ2) is 72.0. The van der Waals surface area contributed by atoms with Gasteiger partial charge in [0.1, 0.15) is 19.3 Å². The molecule has 0 saturated heterocycles. The highest BCUT2D eigenvalue weighted by atomic mass is 31.2. The minimum atomic E-state index is -4.96. The van der Waals surface area contributed by atoms with Crippen LogP contribution in [0.25, 0.3) is 0 Å². The first kappa shape index (κ1) is 96.1. The average Bonchev–Trinajstić information content (AvgIpc) is 1.18. The van der Waals surface area contributed by atoms with Crippen LogP contribution in [0.15, 0.2) is 0 Å². The number of esters is 4. The van der Waals surface area contributed by atoms with Crippen LogP contribution in [0, 0.1) is 5.92 Å². The van der Waals surface area contributed by atoms with Gasteiger partial charge in [-0.1, -0.05) is 369 Å². The molecule has 17 nitrogen and oxygen atoms in total. The summed E-state index contributed by atoms with van der Waals surface area (Å²) < 4.78 is 68.6. The van der Waals surface area contributed by atoms with E-state index in [0.29, 0.717) is 25.7 Å². The Morgan fingerprint density at radius 3 is 0.724 bits per heavy atom. The molecule has 6 atom stereocenters. The van der Waals surface area contributed by atoms with Gasteiger partial charge in [-0.3, -0.25) is 37.3 Å². The summed E-state index contributed by atoms with van der Waals surface area (Å²) in [5.41, 5.74) is 0. The summed E-state index contributed by atoms with van der Waals surface area (Å²) in [6.07, 6.45) is 62.5. The van der Waals surface area contributed by atoms with Crippen LogP contribution in [0.2, 0.25) is 0 Å². The number of carbonyl (C=O) groups excluding carboxylic acids is 4. The first-order valence-corrected chi connectivity index (χ1v) is 44.2. The molecule has 0 aliphatic rings. The van der Waals surface area contributed by atoms with Gasteiger partial charge in [0, 0.05) is 25.7 Å². The number of aliphatic hydroxyl groups excluding tert-OH is 1. The fourth-order valence-electron chi connectivity index (χ4n) is 12.2. The van der Waals surface area contributed by atoms with Gasteiger partial charge >= 0.3 is 39.5 Å². The van der Waals surface area contributed by atoms with Crippen molar-refractivity contribution in [3.63, 3.8) is 0 Å². The summed E-state index contributed by atoms with van der Waals surface area (Å²) in [6.45, 7) is 7.30. The van der Waals surface area contributed by atoms with Crippen molar-refractivity contribution in [2.75, 3.05) is 39.6 Å². The van der Waals surface area contributed by atoms with Crippen molar-refractivity contribution in [3.05, 3.63) is 0 Å². The second-order valence-corrected chi connectivity index (χ2v) is 31.6. The second-order valence-electron chi connectivity index (χ2n) is 28.7. The number of phosphoric ester groups is 2. The number of ether oxygens (including phenoxy) is 4. The topological polar surface area (TPSA) is 237 Å². The molecule has 0 bridgehead atoms. The van der Waals surface area contributed by atoms with Crippen molar-refractivity contribution in [3.8, 4) is 0 Å². The molecule has 582 valence electrons. The minimum Gasteiger partial charge on any atom is -0.462 e. The van der Waals surface area contributed by atoms with Crippen molar-refractivity contribution < 1.29 is 80.2 Å². The van der Waals surface area contributed by atoms with Crippen LogP contribution in [0.5, 0.6) is 0 Å². The molecule has 0 aromatic carbocycles. The van der Waals surface area contributed by atoms with E-state index < -0.39 is 97.5 Å². The maximum Gasteiger partial charge on any atom is 0.472 e. The maximum atomic E-state index is 13.1. The Hall–Kier alpha value is -1.94. The molecule has 0 amide bonds. The molecule has 0 spiro atoms. The number of hydrogen-bond acceptors (Lipinski definition) is 15. The predicted molar refractivity (Wildman–Crippen MR) is 400 cm³/mol. The average molecular weight is 1440 g/mol. The summed E-state index contributed by atoms with van der Waals surface area (Å²) >= 11 is 0. The number of phosphoric acid groups is 2. The standard InChI is InChI=1S/C79H154O17P2/c1-6-10-13-16-19-22-25-27-29-30-31-32-33-34-35-36-38-40-43-49-54-59-64-78(83)95-74(68-90-77(82)63-58-53-48-42-39-37-28-26-23-20-17-14-11-7-2)70-93-97(85,86)91-66-73(80)67-92-98(87,88)94-71-75(69-89-76(81)62-57-52-47-41-24-21-18-15-12-8-3)96-79(84)65-60-55-50-45-44-46-51-56-61-72(5)9-4/h72-75,80H,6-71H2,1-5H3,(H,85,86)(H,87,88)/t72?,73-,74-,75-/m1/s1. The predicted octanol–water partition coefficient (Wildman–Crippen LogP) is 23.6. The number of carbonyl (C=O) groups is 4. The molecular formula is C79H154O17P2. The van der Waals surface area contributed by atoms with Crippen molar-refractivity contribution in [2.45, 2.75) is 438 Å². The lowest BCUT2D eigenvalue weighted by Gasteiger charge is -2.21. The molecule has 0 heterocycles. The maximum absolute atomic E-state index is 13.1. The van der Waals surface area contributed by atoms with E-state index in [9.17, 15) is 43.2 Å². The lowest BCUT2D eigenvalue weighted by molar-refractivity contribution is -0.161. The van der Waals surface area contributed by atoms with E-state index in [4.69, 9.17) is 37.0 Å². The van der Waals surface area contributed by atoms with Crippen LogP contribution >= 0.6 is 15.6 Å². The molecule has 0 saturated carbocycles. The molecule has 19 heteroatoms. The fraction of sp³-hybridized carbons (Fsp3) is 0.949. The summed E-state index contributed by atoms with van der Waals surface area (Å²) in [5.74, 6) is -1.34. The highest BCUT2D eigenvalue weighted by molar-refractivity contribution is 7.47. The van der Waals surface area contributed by atoms with Gasteiger partial charge in [0.05, 0.1) is 26.4 Å². The van der Waals surface area contributed by atoms with E-state index in [2.05, 4.69) is 34.6 Å². The molecule has 0 aliphatic heterocycles. The smallest absolute Gasteiger partial charge is 0.462 e. The van der Waals surface area contributed by atoms with Crippen LogP contribution in [0.4, 0.5) is 0 Å². The Kier molecular flexibility index (Phi) is 70.6. The number of aliphatic hydroxyl groups is 1. The third-order valence-corrected chi connectivity index (χ3v) is 20.8. The lowest BCUT2D eigenvalue weighted by Crippen LogP contribution is -2.30. The molecule has 0 aromatic heterocycles. The van der Waals surface area contributed by atoms with Crippen LogP contribution < -0.4 is 0 Å². The van der Waals surface area contributed by atoms with Crippen LogP contribution in [-0.4, -0.2) is 96.7 Å². The summed E-state index contributed by atoms with van der Waals surface area (Å²) in [6, 6.07) is 0. The zero-order chi connectivity index (χ0) is 71.9. The van der Waals surface area contributed by atoms with Gasteiger partial charge in [-0.15, -0.1) is 0 Å². The molecule has 3 N–H and O–H groups in total. The van der Waals surface area contributed by atoms with Crippen LogP contribution in [-0.2, 0) is 65.4 Å². The summed E-state index contributed by atoms with van der Waals surface area (Å²) in [5, 5.41) is 10.6. The largest absolute Gasteiger partial charge is 0.472 e. The molecule has 0 aliphatic carbocycles. The Morgan fingerprint density at radius 1 is 0.286 bits per heavy atom. The van der Waals surface area contributed by atoms with Gasteiger partial charge in [0.15, 0.2) is 12.2 Å². The summed E-state index contributed by atoms with van der Waals surface area (Å²) in [7, 11) is -9.91. The van der Waals surface area contributed by atoms with Gasteiger partial charge in [-0.25, -0.2) is 9.13 Å². The molecule has 98 heavy (non-hydrogen) atoms. The monoisotopic (exact) mass is 1440 g/mol. The first-order chi connectivity index (χ1) is 47.6. The fourth-order valence-corrected chi connectivity index (χ4v) is 13.8. The SMILES string of the molecule is CCCCCCCCCCCCCCCCCCCCCCCCC(=O)O[C@H](COC(=O)CCCCCCCCCCCCCCCC)COP(=O)(O)OC[C@@H](O)COP(=O)(O)OC[C@@H](COC(=O)CCCCCCCCCCCC)OC(=O)CCCCCCCCCCC(C)CC. The quantitative estimate of drug-likeness (QED) is 0.0222. The summed E-state index contributed by atoms with van der Waals surface area (Å²) in [4.78, 5) is 72.9. The highest BCUT2D eigenvalue weighted by Crippen LogP contribution is 2.45. The Morgan fingerprint density at radius 2 is 0.490 bits per heavy atom. The van der Waals surface area contributed by atoms with Gasteiger partial charge in [-0.05, 0) is 31.6 Å². The van der Waals surface area contributed by atoms with Gasteiger partial charge in [0.2, 0.25) is 0 Å². The zero-order valence-electron chi connectivity index (χ0n) is 63.9. The van der Waals surface area contributed by atoms with Crippen LogP contribution in [0.1, 0.15) is 420 Å². The minimum absolute atomic E-state index is 0.106. The van der Waals surface area contributed by atoms with Gasteiger partial charge in [-0.2, -0.15) is 0 Å². The van der Waals surface area contributed by atoms with E-state index >= 15 is 0 Å². The van der Waals surface area contributed by atoms with Crippen molar-refractivity contribution in [1.82, 2.24) is 0 Å². The molecule has 0 rings (SSSR count). The molecule has 0 aromatic rings. The molecule has 0 radical (unpaired) electrons. The Bertz CT molecular complexity index is 1880. The lowest BCUT2D eigenvalue weighted by atomic mass is 9.99. The van der Waals surface area contributed by atoms with Gasteiger partial charge < -0.3 is 33.8 Å². The van der Waals surface area contributed by atoms with Gasteiger partial charge in [0.25, 0.3) is 0 Å². The van der Waals surface area contributed by atoms with Crippen molar-refractivity contribution in [2.24, 2.45) is 5.92 Å². The number of hydrogen-bond donors (Lipinski definition) is 3. The number of rotatable bonds is 79. The van der Waals surface area contributed by atoms with E-state index in [-0.39, 0.29) is 25.7 Å². The highest BCUT2D eigenvalue weighted by Gasteiger charge is 2.30.